The first-order chi connectivity index (χ1) is 12.2. The van der Waals surface area contributed by atoms with Gasteiger partial charge in [0.05, 0.1) is 6.54 Å². The molecule has 1 saturated carbocycles. The molecule has 0 amide bonds. The van der Waals surface area contributed by atoms with Gasteiger partial charge in [-0.15, -0.1) is 10.2 Å². The molecule has 0 saturated heterocycles. The van der Waals surface area contributed by atoms with Gasteiger partial charge < -0.3 is 4.57 Å². The predicted molar refractivity (Wildman–Crippen MR) is 98.2 cm³/mol. The largest absolute Gasteiger partial charge is 0.301 e. The van der Waals surface area contributed by atoms with Crippen molar-refractivity contribution in [3.05, 3.63) is 77.4 Å². The zero-order chi connectivity index (χ0) is 17.2. The quantitative estimate of drug-likeness (QED) is 0.571. The van der Waals surface area contributed by atoms with Crippen LogP contribution in [0.3, 0.4) is 0 Å². The van der Waals surface area contributed by atoms with E-state index in [0.717, 1.165) is 23.1 Å². The van der Waals surface area contributed by atoms with Crippen LogP contribution < -0.4 is 0 Å². The molecule has 1 atom stereocenters. The lowest BCUT2D eigenvalue weighted by Crippen LogP contribution is -2.06. The van der Waals surface area contributed by atoms with E-state index in [2.05, 4.69) is 46.0 Å². The summed E-state index contributed by atoms with van der Waals surface area (Å²) >= 11 is 1.68. The molecule has 3 aromatic rings. The summed E-state index contributed by atoms with van der Waals surface area (Å²) in [5.74, 6) is 1.44. The van der Waals surface area contributed by atoms with E-state index in [1.165, 1.54) is 30.5 Å². The van der Waals surface area contributed by atoms with Gasteiger partial charge in [-0.1, -0.05) is 54.2 Å². The first kappa shape index (κ1) is 16.3. The maximum absolute atomic E-state index is 13.1. The van der Waals surface area contributed by atoms with E-state index < -0.39 is 0 Å². The molecule has 0 unspecified atom stereocenters. The fraction of sp³-hybridized carbons (Fsp3) is 0.300. The molecule has 0 radical (unpaired) electrons. The minimum Gasteiger partial charge on any atom is -0.301 e. The third-order valence-electron chi connectivity index (χ3n) is 4.49. The Morgan fingerprint density at radius 2 is 1.80 bits per heavy atom. The Labute approximate surface area is 151 Å². The van der Waals surface area contributed by atoms with Crippen LogP contribution in [0, 0.1) is 5.82 Å². The molecule has 0 aliphatic heterocycles. The highest BCUT2D eigenvalue weighted by molar-refractivity contribution is 7.99. The van der Waals surface area contributed by atoms with Crippen LogP contribution in [0.1, 0.15) is 47.9 Å². The van der Waals surface area contributed by atoms with Crippen molar-refractivity contribution in [3.63, 3.8) is 0 Å². The van der Waals surface area contributed by atoms with Gasteiger partial charge in [-0.05, 0) is 43.0 Å². The second kappa shape index (κ2) is 7.00. The number of benzene rings is 2. The summed E-state index contributed by atoms with van der Waals surface area (Å²) in [4.78, 5) is 0. The lowest BCUT2D eigenvalue weighted by atomic mass is 10.2. The van der Waals surface area contributed by atoms with Crippen LogP contribution >= 0.6 is 11.8 Å². The number of rotatable bonds is 6. The van der Waals surface area contributed by atoms with Crippen LogP contribution in [0.25, 0.3) is 0 Å². The summed E-state index contributed by atoms with van der Waals surface area (Å²) in [5.41, 5.74) is 2.34. The number of nitrogens with zero attached hydrogens (tertiary/aromatic N) is 3. The number of halogens is 1. The van der Waals surface area contributed by atoms with E-state index in [1.54, 1.807) is 11.8 Å². The molecule has 25 heavy (non-hydrogen) atoms. The van der Waals surface area contributed by atoms with Crippen LogP contribution in [0.15, 0.2) is 59.8 Å². The van der Waals surface area contributed by atoms with Gasteiger partial charge in [-0.25, -0.2) is 4.39 Å². The van der Waals surface area contributed by atoms with Crippen molar-refractivity contribution in [3.8, 4) is 0 Å². The van der Waals surface area contributed by atoms with Gasteiger partial charge in [-0.3, -0.25) is 0 Å². The first-order valence-electron chi connectivity index (χ1n) is 8.60. The van der Waals surface area contributed by atoms with Crippen molar-refractivity contribution in [2.45, 2.75) is 42.6 Å². The molecule has 0 bridgehead atoms. The highest BCUT2D eigenvalue weighted by atomic mass is 32.2. The van der Waals surface area contributed by atoms with Crippen LogP contribution in [0.2, 0.25) is 0 Å². The second-order valence-corrected chi connectivity index (χ2v) is 7.81. The normalized spacial score (nSPS) is 15.3. The molecule has 3 nitrogen and oxygen atoms in total. The third kappa shape index (κ3) is 3.76. The Bertz CT molecular complexity index is 841. The maximum Gasteiger partial charge on any atom is 0.192 e. The Kier molecular flexibility index (Phi) is 4.57. The lowest BCUT2D eigenvalue weighted by molar-refractivity contribution is 0.627. The lowest BCUT2D eigenvalue weighted by Gasteiger charge is -2.14. The molecule has 4 rings (SSSR count). The van der Waals surface area contributed by atoms with Gasteiger partial charge in [-0.2, -0.15) is 0 Å². The molecule has 1 fully saturated rings. The number of aromatic nitrogens is 3. The highest BCUT2D eigenvalue weighted by Crippen LogP contribution is 2.42. The summed E-state index contributed by atoms with van der Waals surface area (Å²) in [6.07, 6.45) is 2.40. The van der Waals surface area contributed by atoms with Gasteiger partial charge in [0.25, 0.3) is 0 Å². The van der Waals surface area contributed by atoms with Crippen molar-refractivity contribution in [1.29, 1.82) is 0 Å². The van der Waals surface area contributed by atoms with Crippen molar-refractivity contribution < 1.29 is 4.39 Å². The zero-order valence-electron chi connectivity index (χ0n) is 14.1. The van der Waals surface area contributed by atoms with Crippen LogP contribution in [-0.2, 0) is 6.54 Å². The number of hydrogen-bond acceptors (Lipinski definition) is 3. The standard InChI is InChI=1S/C20H20FN3S/c1-14(16-9-11-18(21)12-10-16)25-20-23-22-19(17-7-8-17)24(20)13-15-5-3-2-4-6-15/h2-6,9-12,14,17H,7-8,13H2,1H3/t14-/m1/s1. The van der Waals surface area contributed by atoms with Crippen molar-refractivity contribution in [1.82, 2.24) is 14.8 Å². The van der Waals surface area contributed by atoms with Crippen molar-refractivity contribution >= 4 is 11.8 Å². The van der Waals surface area contributed by atoms with E-state index in [4.69, 9.17) is 0 Å². The molecule has 2 aromatic carbocycles. The van der Waals surface area contributed by atoms with Gasteiger partial charge >= 0.3 is 0 Å². The topological polar surface area (TPSA) is 30.7 Å². The molecule has 0 N–H and O–H groups in total. The van der Waals surface area contributed by atoms with E-state index in [-0.39, 0.29) is 11.1 Å². The predicted octanol–water partition coefficient (Wildman–Crippen LogP) is 5.20. The van der Waals surface area contributed by atoms with E-state index in [9.17, 15) is 4.39 Å². The summed E-state index contributed by atoms with van der Waals surface area (Å²) in [7, 11) is 0. The minimum atomic E-state index is -0.204. The molecule has 0 spiro atoms. The maximum atomic E-state index is 13.1. The third-order valence-corrected chi connectivity index (χ3v) is 5.63. The van der Waals surface area contributed by atoms with Gasteiger partial charge in [0, 0.05) is 11.2 Å². The first-order valence-corrected chi connectivity index (χ1v) is 9.48. The number of hydrogen-bond donors (Lipinski definition) is 0. The fourth-order valence-electron chi connectivity index (χ4n) is 2.91. The van der Waals surface area contributed by atoms with Crippen LogP contribution in [-0.4, -0.2) is 14.8 Å². The monoisotopic (exact) mass is 353 g/mol. The smallest absolute Gasteiger partial charge is 0.192 e. The Morgan fingerprint density at radius 3 is 2.48 bits per heavy atom. The minimum absolute atomic E-state index is 0.186. The second-order valence-electron chi connectivity index (χ2n) is 6.50. The summed E-state index contributed by atoms with van der Waals surface area (Å²) < 4.78 is 15.4. The Balaban J connectivity index is 1.59. The average molecular weight is 353 g/mol. The van der Waals surface area contributed by atoms with Crippen molar-refractivity contribution in [2.75, 3.05) is 0 Å². The average Bonchev–Trinajstić information content (AvgIpc) is 3.40. The molecule has 1 aromatic heterocycles. The molecular formula is C20H20FN3S. The van der Waals surface area contributed by atoms with Gasteiger partial charge in [0.2, 0.25) is 0 Å². The fourth-order valence-corrected chi connectivity index (χ4v) is 3.89. The zero-order valence-corrected chi connectivity index (χ0v) is 14.9. The molecule has 5 heteroatoms. The summed E-state index contributed by atoms with van der Waals surface area (Å²) in [5, 5.41) is 10.0. The highest BCUT2D eigenvalue weighted by Gasteiger charge is 2.30. The van der Waals surface area contributed by atoms with Crippen LogP contribution in [0.4, 0.5) is 4.39 Å². The number of thioether (sulfide) groups is 1. The summed E-state index contributed by atoms with van der Waals surface area (Å²) in [6.45, 7) is 2.91. The molecule has 1 heterocycles. The molecular weight excluding hydrogens is 333 g/mol. The summed E-state index contributed by atoms with van der Waals surface area (Å²) in [6, 6.07) is 17.1. The van der Waals surface area contributed by atoms with E-state index in [1.807, 2.05) is 18.2 Å². The SMILES string of the molecule is C[C@@H](Sc1nnc(C2CC2)n1Cc1ccccc1)c1ccc(F)cc1. The van der Waals surface area contributed by atoms with Gasteiger partial charge in [0.15, 0.2) is 5.16 Å². The molecule has 1 aliphatic rings. The Hall–Kier alpha value is -2.14. The van der Waals surface area contributed by atoms with E-state index >= 15 is 0 Å². The van der Waals surface area contributed by atoms with Crippen LogP contribution in [0.5, 0.6) is 0 Å². The molecule has 128 valence electrons. The van der Waals surface area contributed by atoms with Gasteiger partial charge in [0.1, 0.15) is 11.6 Å². The molecule has 1 aliphatic carbocycles. The van der Waals surface area contributed by atoms with Crippen molar-refractivity contribution in [2.24, 2.45) is 0 Å². The van der Waals surface area contributed by atoms with E-state index in [0.29, 0.717) is 5.92 Å². The Morgan fingerprint density at radius 1 is 1.08 bits per heavy atom.